The number of carbonyl (C=O) groups is 1. The molecule has 3 aromatic rings. The summed E-state index contributed by atoms with van der Waals surface area (Å²) in [5.74, 6) is -0.232. The second-order valence-corrected chi connectivity index (χ2v) is 5.98. The monoisotopic (exact) mass is 372 g/mol. The number of ether oxygens (including phenoxy) is 1. The van der Waals surface area contributed by atoms with Crippen molar-refractivity contribution >= 4 is 22.9 Å². The van der Waals surface area contributed by atoms with Crippen LogP contribution in [0.4, 0.5) is 5.82 Å². The van der Waals surface area contributed by atoms with Gasteiger partial charge >= 0.3 is 0 Å². The summed E-state index contributed by atoms with van der Waals surface area (Å²) in [7, 11) is 0. The highest BCUT2D eigenvalue weighted by Crippen LogP contribution is 2.31. The average molecular weight is 372 g/mol. The Morgan fingerprint density at radius 2 is 1.96 bits per heavy atom. The number of benzene rings is 1. The third-order valence-electron chi connectivity index (χ3n) is 4.29. The van der Waals surface area contributed by atoms with Crippen molar-refractivity contribution in [3.8, 4) is 0 Å². The molecule has 2 aromatic heterocycles. The minimum Gasteiger partial charge on any atom is -0.394 e. The molecule has 0 saturated carbocycles. The molecule has 1 aliphatic heterocycles. The van der Waals surface area contributed by atoms with Crippen LogP contribution in [0.1, 0.15) is 16.6 Å². The summed E-state index contributed by atoms with van der Waals surface area (Å²) >= 11 is 0. The number of nitrogens with one attached hydrogen (secondary N) is 1. The van der Waals surface area contributed by atoms with E-state index in [4.69, 9.17) is 4.74 Å². The second-order valence-electron chi connectivity index (χ2n) is 5.98. The summed E-state index contributed by atoms with van der Waals surface area (Å²) in [5, 5.41) is 39.8. The number of nitrogens with zero attached hydrogens (tertiary/aromatic N) is 5. The fourth-order valence-corrected chi connectivity index (χ4v) is 2.88. The molecular formula is C16H16N6O5. The Morgan fingerprint density at radius 1 is 1.19 bits per heavy atom. The highest BCUT2D eigenvalue weighted by molar-refractivity contribution is 6.06. The van der Waals surface area contributed by atoms with Crippen molar-refractivity contribution < 1.29 is 24.9 Å². The van der Waals surface area contributed by atoms with Crippen molar-refractivity contribution in [2.24, 2.45) is 0 Å². The third kappa shape index (κ3) is 3.02. The number of aliphatic hydroxyl groups excluding tert-OH is 3. The van der Waals surface area contributed by atoms with E-state index in [-0.39, 0.29) is 22.9 Å². The Bertz CT molecular complexity index is 964. The van der Waals surface area contributed by atoms with Crippen molar-refractivity contribution in [2.45, 2.75) is 24.5 Å². The quantitative estimate of drug-likeness (QED) is 0.455. The first-order valence-corrected chi connectivity index (χ1v) is 8.15. The van der Waals surface area contributed by atoms with Crippen LogP contribution >= 0.6 is 0 Å². The number of hydrogen-bond donors (Lipinski definition) is 4. The lowest BCUT2D eigenvalue weighted by Gasteiger charge is -2.14. The normalized spacial score (nSPS) is 25.0. The van der Waals surface area contributed by atoms with Gasteiger partial charge in [0.25, 0.3) is 5.91 Å². The van der Waals surface area contributed by atoms with Crippen molar-refractivity contribution in [2.75, 3.05) is 11.9 Å². The molecule has 0 aliphatic carbocycles. The molecule has 1 aliphatic rings. The number of fused-ring (bicyclic) bond motifs is 1. The van der Waals surface area contributed by atoms with Crippen LogP contribution in [0.5, 0.6) is 0 Å². The van der Waals surface area contributed by atoms with Gasteiger partial charge in [0.15, 0.2) is 23.2 Å². The van der Waals surface area contributed by atoms with Gasteiger partial charge in [-0.15, -0.1) is 5.10 Å². The predicted octanol–water partition coefficient (Wildman–Crippen LogP) is -0.915. The minimum absolute atomic E-state index is 0.145. The third-order valence-corrected chi connectivity index (χ3v) is 4.29. The summed E-state index contributed by atoms with van der Waals surface area (Å²) in [4.78, 5) is 20.4. The Kier molecular flexibility index (Phi) is 4.49. The molecule has 11 heteroatoms. The summed E-state index contributed by atoms with van der Waals surface area (Å²) < 4.78 is 6.62. The number of amides is 1. The fourth-order valence-electron chi connectivity index (χ4n) is 2.88. The van der Waals surface area contributed by atoms with Crippen LogP contribution in [-0.4, -0.2) is 71.1 Å². The van der Waals surface area contributed by atoms with E-state index in [0.29, 0.717) is 5.56 Å². The molecule has 1 aromatic carbocycles. The molecule has 11 nitrogen and oxygen atoms in total. The van der Waals surface area contributed by atoms with Crippen molar-refractivity contribution in [1.29, 1.82) is 0 Å². The van der Waals surface area contributed by atoms with Crippen molar-refractivity contribution in [3.05, 3.63) is 42.2 Å². The molecule has 0 bridgehead atoms. The first-order valence-electron chi connectivity index (χ1n) is 8.15. The molecule has 1 saturated heterocycles. The lowest BCUT2D eigenvalue weighted by Crippen LogP contribution is -2.33. The number of carbonyl (C=O) groups excluding carboxylic acids is 1. The van der Waals surface area contributed by atoms with Gasteiger partial charge in [-0.1, -0.05) is 23.4 Å². The average Bonchev–Trinajstić information content (AvgIpc) is 3.25. The standard InChI is InChI=1S/C16H16N6O5/c23-6-9-11(24)12(25)16(27-9)22-14-10(20-21-22)13(17-7-18-14)19-15(26)8-4-2-1-3-5-8/h1-5,7,9,11-12,16,23-25H,6H2,(H,17,18,19,26). The van der Waals surface area contributed by atoms with E-state index >= 15 is 0 Å². The molecule has 0 radical (unpaired) electrons. The first-order chi connectivity index (χ1) is 13.1. The minimum atomic E-state index is -1.33. The van der Waals surface area contributed by atoms with E-state index in [0.717, 1.165) is 0 Å². The van der Waals surface area contributed by atoms with Gasteiger partial charge in [0, 0.05) is 5.56 Å². The second kappa shape index (κ2) is 6.96. The van der Waals surface area contributed by atoms with Crippen LogP contribution in [-0.2, 0) is 4.74 Å². The Balaban J connectivity index is 1.65. The Hall–Kier alpha value is -2.99. The maximum atomic E-state index is 12.3. The predicted molar refractivity (Wildman–Crippen MR) is 90.5 cm³/mol. The Labute approximate surface area is 152 Å². The van der Waals surface area contributed by atoms with E-state index in [9.17, 15) is 20.1 Å². The highest BCUT2D eigenvalue weighted by Gasteiger charge is 2.44. The van der Waals surface area contributed by atoms with Gasteiger partial charge in [-0.3, -0.25) is 4.79 Å². The molecule has 27 heavy (non-hydrogen) atoms. The number of rotatable bonds is 4. The highest BCUT2D eigenvalue weighted by atomic mass is 16.6. The van der Waals surface area contributed by atoms with Gasteiger partial charge in [0.1, 0.15) is 24.6 Å². The van der Waals surface area contributed by atoms with E-state index in [1.807, 2.05) is 0 Å². The van der Waals surface area contributed by atoms with Gasteiger partial charge in [-0.25, -0.2) is 9.97 Å². The number of aromatic nitrogens is 5. The topological polar surface area (TPSA) is 156 Å². The van der Waals surface area contributed by atoms with E-state index in [2.05, 4.69) is 25.6 Å². The molecular weight excluding hydrogens is 356 g/mol. The van der Waals surface area contributed by atoms with E-state index in [1.165, 1.54) is 11.0 Å². The molecule has 4 N–H and O–H groups in total. The van der Waals surface area contributed by atoms with Gasteiger partial charge in [-0.05, 0) is 12.1 Å². The molecule has 1 amide bonds. The molecule has 3 heterocycles. The van der Waals surface area contributed by atoms with Crippen molar-refractivity contribution in [3.63, 3.8) is 0 Å². The number of anilines is 1. The molecule has 1 fully saturated rings. The Morgan fingerprint density at radius 3 is 2.67 bits per heavy atom. The van der Waals surface area contributed by atoms with Crippen LogP contribution < -0.4 is 5.32 Å². The van der Waals surface area contributed by atoms with Gasteiger partial charge in [-0.2, -0.15) is 4.68 Å². The lowest BCUT2D eigenvalue weighted by molar-refractivity contribution is -0.0574. The smallest absolute Gasteiger partial charge is 0.256 e. The van der Waals surface area contributed by atoms with Crippen LogP contribution in [0.2, 0.25) is 0 Å². The van der Waals surface area contributed by atoms with Crippen LogP contribution in [0.15, 0.2) is 36.7 Å². The zero-order valence-electron chi connectivity index (χ0n) is 13.9. The SMILES string of the molecule is O=C(Nc1ncnc2c1nnn2C1OC(CO)C(O)C1O)c1ccccc1. The van der Waals surface area contributed by atoms with Crippen LogP contribution in [0.25, 0.3) is 11.2 Å². The van der Waals surface area contributed by atoms with E-state index < -0.39 is 31.1 Å². The maximum absolute atomic E-state index is 12.3. The number of hydrogen-bond acceptors (Lipinski definition) is 9. The molecule has 140 valence electrons. The summed E-state index contributed by atoms with van der Waals surface area (Å²) in [6.07, 6.45) is -3.44. The van der Waals surface area contributed by atoms with Crippen LogP contribution in [0, 0.1) is 0 Å². The lowest BCUT2D eigenvalue weighted by atomic mass is 10.1. The summed E-state index contributed by atoms with van der Waals surface area (Å²) in [6, 6.07) is 8.59. The van der Waals surface area contributed by atoms with Gasteiger partial charge < -0.3 is 25.4 Å². The first kappa shape index (κ1) is 17.4. The summed E-state index contributed by atoms with van der Waals surface area (Å²) in [5.41, 5.74) is 0.836. The number of aliphatic hydroxyl groups is 3. The van der Waals surface area contributed by atoms with Gasteiger partial charge in [0.2, 0.25) is 0 Å². The molecule has 0 spiro atoms. The molecule has 4 rings (SSSR count). The fraction of sp³-hybridized carbons (Fsp3) is 0.312. The van der Waals surface area contributed by atoms with Crippen LogP contribution in [0.3, 0.4) is 0 Å². The summed E-state index contributed by atoms with van der Waals surface area (Å²) in [6.45, 7) is -0.464. The zero-order chi connectivity index (χ0) is 19.0. The van der Waals surface area contributed by atoms with Gasteiger partial charge in [0.05, 0.1) is 6.61 Å². The zero-order valence-corrected chi connectivity index (χ0v) is 13.9. The molecule has 4 unspecified atom stereocenters. The molecule has 4 atom stereocenters. The maximum Gasteiger partial charge on any atom is 0.256 e. The van der Waals surface area contributed by atoms with Crippen molar-refractivity contribution in [1.82, 2.24) is 25.0 Å². The largest absolute Gasteiger partial charge is 0.394 e. The van der Waals surface area contributed by atoms with E-state index in [1.54, 1.807) is 30.3 Å².